The summed E-state index contributed by atoms with van der Waals surface area (Å²) in [4.78, 5) is 14.6. The molecule has 152 valence electrons. The summed E-state index contributed by atoms with van der Waals surface area (Å²) in [6, 6.07) is 11.5. The molecule has 0 aromatic heterocycles. The minimum absolute atomic E-state index is 0.210. The van der Waals surface area contributed by atoms with Gasteiger partial charge in [0.1, 0.15) is 13.2 Å². The van der Waals surface area contributed by atoms with Crippen molar-refractivity contribution in [1.82, 2.24) is 0 Å². The maximum atomic E-state index is 12.4. The zero-order valence-corrected chi connectivity index (χ0v) is 16.3. The second-order valence-electron chi connectivity index (χ2n) is 6.72. The molecule has 2 aliphatic rings. The van der Waals surface area contributed by atoms with E-state index in [2.05, 4.69) is 10.2 Å². The summed E-state index contributed by atoms with van der Waals surface area (Å²) in [7, 11) is 1.58. The van der Waals surface area contributed by atoms with Gasteiger partial charge in [0.2, 0.25) is 11.7 Å². The predicted octanol–water partition coefficient (Wildman–Crippen LogP) is 2.95. The van der Waals surface area contributed by atoms with E-state index < -0.39 is 0 Å². The lowest BCUT2D eigenvalue weighted by atomic mass is 10.1. The SMILES string of the molecule is COc1cc(/C=C/C(=O)Nc2cccc(N3CCOCC3)c2)cc2c1OCCO2. The molecule has 2 aromatic carbocycles. The molecule has 0 bridgehead atoms. The second kappa shape index (κ2) is 8.87. The highest BCUT2D eigenvalue weighted by molar-refractivity contribution is 6.02. The summed E-state index contributed by atoms with van der Waals surface area (Å²) in [6.45, 7) is 4.12. The summed E-state index contributed by atoms with van der Waals surface area (Å²) >= 11 is 0. The molecule has 0 saturated carbocycles. The molecule has 29 heavy (non-hydrogen) atoms. The number of fused-ring (bicyclic) bond motifs is 1. The standard InChI is InChI=1S/C22H24N2O5/c1-26-19-13-16(14-20-22(19)29-12-11-28-20)5-6-21(25)23-17-3-2-4-18(15-17)24-7-9-27-10-8-24/h2-6,13-15H,7-12H2,1H3,(H,23,25)/b6-5+. The Morgan fingerprint density at radius 3 is 2.76 bits per heavy atom. The lowest BCUT2D eigenvalue weighted by Crippen LogP contribution is -2.36. The normalized spacial score (nSPS) is 16.0. The summed E-state index contributed by atoms with van der Waals surface area (Å²) in [5, 5.41) is 2.91. The van der Waals surface area contributed by atoms with Crippen LogP contribution in [0.3, 0.4) is 0 Å². The van der Waals surface area contributed by atoms with Gasteiger partial charge in [0, 0.05) is 30.5 Å². The molecule has 1 saturated heterocycles. The van der Waals surface area contributed by atoms with Crippen molar-refractivity contribution < 1.29 is 23.7 Å². The molecular formula is C22H24N2O5. The van der Waals surface area contributed by atoms with E-state index >= 15 is 0 Å². The summed E-state index contributed by atoms with van der Waals surface area (Å²) in [5.41, 5.74) is 2.62. The fourth-order valence-electron chi connectivity index (χ4n) is 3.35. The number of hydrogen-bond donors (Lipinski definition) is 1. The number of benzene rings is 2. The Hall–Kier alpha value is -3.19. The van der Waals surface area contributed by atoms with E-state index in [9.17, 15) is 4.79 Å². The highest BCUT2D eigenvalue weighted by Gasteiger charge is 2.18. The molecule has 2 aromatic rings. The number of nitrogens with one attached hydrogen (secondary N) is 1. The molecule has 0 aliphatic carbocycles. The number of morpholine rings is 1. The molecule has 7 nitrogen and oxygen atoms in total. The lowest BCUT2D eigenvalue weighted by molar-refractivity contribution is -0.111. The van der Waals surface area contributed by atoms with Crippen LogP contribution in [0.2, 0.25) is 0 Å². The first-order valence-corrected chi connectivity index (χ1v) is 9.62. The van der Waals surface area contributed by atoms with Crippen LogP contribution in [0, 0.1) is 0 Å². The third-order valence-corrected chi connectivity index (χ3v) is 4.77. The van der Waals surface area contributed by atoms with E-state index in [4.69, 9.17) is 18.9 Å². The Morgan fingerprint density at radius 2 is 1.93 bits per heavy atom. The van der Waals surface area contributed by atoms with E-state index in [1.54, 1.807) is 13.2 Å². The average Bonchev–Trinajstić information content (AvgIpc) is 2.78. The maximum absolute atomic E-state index is 12.4. The van der Waals surface area contributed by atoms with Crippen LogP contribution in [0.4, 0.5) is 11.4 Å². The van der Waals surface area contributed by atoms with Gasteiger partial charge in [0.15, 0.2) is 11.5 Å². The number of anilines is 2. The third kappa shape index (κ3) is 4.63. The third-order valence-electron chi connectivity index (χ3n) is 4.77. The van der Waals surface area contributed by atoms with Crippen LogP contribution in [0.25, 0.3) is 6.08 Å². The Bertz CT molecular complexity index is 889. The summed E-state index contributed by atoms with van der Waals surface area (Å²) < 4.78 is 22.0. The van der Waals surface area contributed by atoms with Crippen LogP contribution in [-0.4, -0.2) is 52.5 Å². The molecular weight excluding hydrogens is 372 g/mol. The largest absolute Gasteiger partial charge is 0.493 e. The highest BCUT2D eigenvalue weighted by atomic mass is 16.6. The van der Waals surface area contributed by atoms with Crippen LogP contribution in [0.5, 0.6) is 17.2 Å². The molecule has 2 aliphatic heterocycles. The molecule has 2 heterocycles. The first-order chi connectivity index (χ1) is 14.2. The van der Waals surface area contributed by atoms with Gasteiger partial charge in [-0.2, -0.15) is 0 Å². The Labute approximate surface area is 169 Å². The number of nitrogens with zero attached hydrogens (tertiary/aromatic N) is 1. The molecule has 0 radical (unpaired) electrons. The number of amides is 1. The van der Waals surface area contributed by atoms with Gasteiger partial charge in [-0.15, -0.1) is 0 Å². The summed E-state index contributed by atoms with van der Waals surface area (Å²) in [5.74, 6) is 1.59. The Balaban J connectivity index is 1.44. The molecule has 1 fully saturated rings. The van der Waals surface area contributed by atoms with Crippen molar-refractivity contribution in [3.8, 4) is 17.2 Å². The van der Waals surface area contributed by atoms with Crippen LogP contribution >= 0.6 is 0 Å². The van der Waals surface area contributed by atoms with Crippen molar-refractivity contribution in [3.05, 3.63) is 48.0 Å². The van der Waals surface area contributed by atoms with Crippen LogP contribution in [0.1, 0.15) is 5.56 Å². The number of ether oxygens (including phenoxy) is 4. The van der Waals surface area contributed by atoms with Gasteiger partial charge in [-0.3, -0.25) is 4.79 Å². The van der Waals surface area contributed by atoms with Crippen molar-refractivity contribution in [2.45, 2.75) is 0 Å². The zero-order valence-electron chi connectivity index (χ0n) is 16.3. The van der Waals surface area contributed by atoms with Gasteiger partial charge in [-0.25, -0.2) is 0 Å². The molecule has 7 heteroatoms. The van der Waals surface area contributed by atoms with Crippen molar-refractivity contribution in [1.29, 1.82) is 0 Å². The molecule has 0 spiro atoms. The molecule has 0 atom stereocenters. The zero-order chi connectivity index (χ0) is 20.1. The number of hydrogen-bond acceptors (Lipinski definition) is 6. The van der Waals surface area contributed by atoms with E-state index in [0.29, 0.717) is 30.5 Å². The van der Waals surface area contributed by atoms with Gasteiger partial charge in [-0.05, 0) is 42.0 Å². The molecule has 4 rings (SSSR count). The monoisotopic (exact) mass is 396 g/mol. The van der Waals surface area contributed by atoms with E-state index in [1.165, 1.54) is 6.08 Å². The number of methoxy groups -OCH3 is 1. The second-order valence-corrected chi connectivity index (χ2v) is 6.72. The van der Waals surface area contributed by atoms with E-state index in [0.717, 1.165) is 43.2 Å². The highest BCUT2D eigenvalue weighted by Crippen LogP contribution is 2.40. The average molecular weight is 396 g/mol. The minimum Gasteiger partial charge on any atom is -0.493 e. The van der Waals surface area contributed by atoms with Gasteiger partial charge in [0.25, 0.3) is 0 Å². The van der Waals surface area contributed by atoms with Crippen LogP contribution in [0.15, 0.2) is 42.5 Å². The Kier molecular flexibility index (Phi) is 5.86. The van der Waals surface area contributed by atoms with Gasteiger partial charge in [0.05, 0.1) is 20.3 Å². The predicted molar refractivity (Wildman–Crippen MR) is 111 cm³/mol. The first-order valence-electron chi connectivity index (χ1n) is 9.62. The van der Waals surface area contributed by atoms with Crippen molar-refractivity contribution in [2.75, 3.05) is 56.8 Å². The topological polar surface area (TPSA) is 69.3 Å². The number of carbonyl (C=O) groups excluding carboxylic acids is 1. The van der Waals surface area contributed by atoms with Gasteiger partial charge >= 0.3 is 0 Å². The van der Waals surface area contributed by atoms with Gasteiger partial charge in [-0.1, -0.05) is 6.07 Å². The van der Waals surface area contributed by atoms with Crippen LogP contribution in [-0.2, 0) is 9.53 Å². The number of rotatable bonds is 5. The van der Waals surface area contributed by atoms with Gasteiger partial charge < -0.3 is 29.2 Å². The Morgan fingerprint density at radius 1 is 1.10 bits per heavy atom. The molecule has 1 N–H and O–H groups in total. The molecule has 1 amide bonds. The molecule has 0 unspecified atom stereocenters. The van der Waals surface area contributed by atoms with Crippen molar-refractivity contribution in [3.63, 3.8) is 0 Å². The lowest BCUT2D eigenvalue weighted by Gasteiger charge is -2.29. The fraction of sp³-hybridized carbons (Fsp3) is 0.318. The quantitative estimate of drug-likeness (QED) is 0.784. The fourth-order valence-corrected chi connectivity index (χ4v) is 3.35. The number of carbonyl (C=O) groups is 1. The van der Waals surface area contributed by atoms with E-state index in [1.807, 2.05) is 36.4 Å². The summed E-state index contributed by atoms with van der Waals surface area (Å²) in [6.07, 6.45) is 3.22. The van der Waals surface area contributed by atoms with E-state index in [-0.39, 0.29) is 5.91 Å². The van der Waals surface area contributed by atoms with Crippen molar-refractivity contribution >= 4 is 23.4 Å². The van der Waals surface area contributed by atoms with Crippen molar-refractivity contribution in [2.24, 2.45) is 0 Å². The maximum Gasteiger partial charge on any atom is 0.248 e. The van der Waals surface area contributed by atoms with Crippen LogP contribution < -0.4 is 24.4 Å². The first kappa shape index (κ1) is 19.1. The smallest absolute Gasteiger partial charge is 0.248 e. The minimum atomic E-state index is -0.210.